The fourth-order valence-corrected chi connectivity index (χ4v) is 3.32. The summed E-state index contributed by atoms with van der Waals surface area (Å²) in [5.41, 5.74) is 6.81. The number of benzene rings is 2. The molecule has 1 atom stereocenters. The highest BCUT2D eigenvalue weighted by atomic mass is 32.1. The van der Waals surface area contributed by atoms with Crippen LogP contribution in [0.15, 0.2) is 42.5 Å². The second-order valence-corrected chi connectivity index (χ2v) is 5.93. The number of nitrogens with zero attached hydrogens (tertiary/aromatic N) is 1. The van der Waals surface area contributed by atoms with Gasteiger partial charge in [0.05, 0.1) is 17.5 Å². The Balaban J connectivity index is 1.85. The SMILES string of the molecule is NC(=S)C1CCCN1C(=O)Cc1cccc2ccccc12. The third-order valence-electron chi connectivity index (χ3n) is 4.12. The second kappa shape index (κ2) is 5.82. The van der Waals surface area contributed by atoms with Crippen LogP contribution in [0.1, 0.15) is 18.4 Å². The van der Waals surface area contributed by atoms with Gasteiger partial charge in [-0.25, -0.2) is 0 Å². The lowest BCUT2D eigenvalue weighted by molar-refractivity contribution is -0.130. The van der Waals surface area contributed by atoms with Gasteiger partial charge in [-0.15, -0.1) is 0 Å². The summed E-state index contributed by atoms with van der Waals surface area (Å²) in [6, 6.07) is 14.2. The third-order valence-corrected chi connectivity index (χ3v) is 4.40. The van der Waals surface area contributed by atoms with Gasteiger partial charge >= 0.3 is 0 Å². The van der Waals surface area contributed by atoms with Crippen LogP contribution in [0.25, 0.3) is 10.8 Å². The Morgan fingerprint density at radius 3 is 2.81 bits per heavy atom. The molecular formula is C17H18N2OS. The van der Waals surface area contributed by atoms with E-state index in [1.54, 1.807) is 0 Å². The van der Waals surface area contributed by atoms with Crippen molar-refractivity contribution in [2.24, 2.45) is 5.73 Å². The molecular weight excluding hydrogens is 280 g/mol. The van der Waals surface area contributed by atoms with Crippen LogP contribution in [0.4, 0.5) is 0 Å². The van der Waals surface area contributed by atoms with Crippen molar-refractivity contribution in [3.8, 4) is 0 Å². The molecule has 3 nitrogen and oxygen atoms in total. The number of hydrogen-bond acceptors (Lipinski definition) is 2. The number of amides is 1. The van der Waals surface area contributed by atoms with E-state index in [0.717, 1.165) is 35.7 Å². The molecule has 1 heterocycles. The van der Waals surface area contributed by atoms with Crippen molar-refractivity contribution < 1.29 is 4.79 Å². The Kier molecular flexibility index (Phi) is 3.88. The summed E-state index contributed by atoms with van der Waals surface area (Å²) in [7, 11) is 0. The summed E-state index contributed by atoms with van der Waals surface area (Å²) in [5.74, 6) is 0.113. The molecule has 0 spiro atoms. The number of carbonyl (C=O) groups is 1. The second-order valence-electron chi connectivity index (χ2n) is 5.46. The van der Waals surface area contributed by atoms with Gasteiger partial charge in [0.2, 0.25) is 5.91 Å². The summed E-state index contributed by atoms with van der Waals surface area (Å²) in [4.78, 5) is 14.9. The van der Waals surface area contributed by atoms with Crippen molar-refractivity contribution >= 4 is 33.9 Å². The molecule has 3 rings (SSSR count). The smallest absolute Gasteiger partial charge is 0.227 e. The minimum absolute atomic E-state index is 0.0672. The van der Waals surface area contributed by atoms with Crippen LogP contribution in [-0.4, -0.2) is 28.4 Å². The van der Waals surface area contributed by atoms with Crippen LogP contribution in [0.2, 0.25) is 0 Å². The van der Waals surface area contributed by atoms with Gasteiger partial charge < -0.3 is 10.6 Å². The predicted octanol–water partition coefficient (Wildman–Crippen LogP) is 2.66. The average molecular weight is 298 g/mol. The van der Waals surface area contributed by atoms with Gasteiger partial charge in [-0.2, -0.15) is 0 Å². The van der Waals surface area contributed by atoms with Crippen molar-refractivity contribution in [3.05, 3.63) is 48.0 Å². The number of thiocarbonyl (C=S) groups is 1. The first kappa shape index (κ1) is 14.0. The Bertz CT molecular complexity index is 693. The van der Waals surface area contributed by atoms with E-state index in [1.165, 1.54) is 0 Å². The molecule has 2 aromatic rings. The van der Waals surface area contributed by atoms with E-state index in [4.69, 9.17) is 18.0 Å². The minimum Gasteiger partial charge on any atom is -0.392 e. The molecule has 108 valence electrons. The van der Waals surface area contributed by atoms with E-state index in [0.29, 0.717) is 11.4 Å². The Morgan fingerprint density at radius 2 is 2.00 bits per heavy atom. The topological polar surface area (TPSA) is 46.3 Å². The first-order chi connectivity index (χ1) is 10.2. The zero-order valence-electron chi connectivity index (χ0n) is 11.8. The van der Waals surface area contributed by atoms with Crippen LogP contribution in [0, 0.1) is 0 Å². The Morgan fingerprint density at radius 1 is 1.24 bits per heavy atom. The minimum atomic E-state index is -0.0672. The zero-order valence-corrected chi connectivity index (χ0v) is 12.6. The van der Waals surface area contributed by atoms with E-state index < -0.39 is 0 Å². The molecule has 1 fully saturated rings. The maximum absolute atomic E-state index is 12.6. The number of likely N-dealkylation sites (tertiary alicyclic amines) is 1. The lowest BCUT2D eigenvalue weighted by atomic mass is 10.0. The van der Waals surface area contributed by atoms with E-state index >= 15 is 0 Å². The molecule has 0 saturated carbocycles. The molecule has 0 bridgehead atoms. The van der Waals surface area contributed by atoms with Gasteiger partial charge in [0, 0.05) is 6.54 Å². The maximum atomic E-state index is 12.6. The van der Waals surface area contributed by atoms with E-state index in [-0.39, 0.29) is 11.9 Å². The maximum Gasteiger partial charge on any atom is 0.227 e. The van der Waals surface area contributed by atoms with Crippen molar-refractivity contribution in [3.63, 3.8) is 0 Å². The van der Waals surface area contributed by atoms with Crippen molar-refractivity contribution in [2.75, 3.05) is 6.54 Å². The third kappa shape index (κ3) is 2.76. The van der Waals surface area contributed by atoms with Gasteiger partial charge in [0.25, 0.3) is 0 Å². The van der Waals surface area contributed by atoms with E-state index in [2.05, 4.69) is 18.2 Å². The predicted molar refractivity (Wildman–Crippen MR) is 89.2 cm³/mol. The molecule has 0 radical (unpaired) electrons. The molecule has 4 heteroatoms. The molecule has 21 heavy (non-hydrogen) atoms. The van der Waals surface area contributed by atoms with Crippen molar-refractivity contribution in [1.82, 2.24) is 4.90 Å². The van der Waals surface area contributed by atoms with E-state index in [1.807, 2.05) is 29.2 Å². The highest BCUT2D eigenvalue weighted by Crippen LogP contribution is 2.22. The summed E-state index contributed by atoms with van der Waals surface area (Å²) >= 11 is 5.08. The quantitative estimate of drug-likeness (QED) is 0.886. The van der Waals surface area contributed by atoms with Gasteiger partial charge in [-0.3, -0.25) is 4.79 Å². The van der Waals surface area contributed by atoms with Crippen molar-refractivity contribution in [2.45, 2.75) is 25.3 Å². The zero-order chi connectivity index (χ0) is 14.8. The molecule has 1 aliphatic heterocycles. The van der Waals surface area contributed by atoms with Gasteiger partial charge in [-0.05, 0) is 29.2 Å². The number of hydrogen-bond donors (Lipinski definition) is 1. The number of rotatable bonds is 3. The number of fused-ring (bicyclic) bond motifs is 1. The molecule has 2 N–H and O–H groups in total. The summed E-state index contributed by atoms with van der Waals surface area (Å²) in [6.45, 7) is 0.756. The molecule has 0 aliphatic carbocycles. The fraction of sp³-hybridized carbons (Fsp3) is 0.294. The number of nitrogens with two attached hydrogens (primary N) is 1. The summed E-state index contributed by atoms with van der Waals surface area (Å²) in [6.07, 6.45) is 2.26. The van der Waals surface area contributed by atoms with E-state index in [9.17, 15) is 4.79 Å². The fourth-order valence-electron chi connectivity index (χ4n) is 3.07. The number of carbonyl (C=O) groups excluding carboxylic acids is 1. The Labute approximate surface area is 129 Å². The van der Waals surface area contributed by atoms with Crippen LogP contribution < -0.4 is 5.73 Å². The van der Waals surface area contributed by atoms with Crippen LogP contribution in [0.5, 0.6) is 0 Å². The highest BCUT2D eigenvalue weighted by Gasteiger charge is 2.30. The average Bonchev–Trinajstić information content (AvgIpc) is 2.97. The lowest BCUT2D eigenvalue weighted by Gasteiger charge is -2.24. The molecule has 1 unspecified atom stereocenters. The van der Waals surface area contributed by atoms with Crippen LogP contribution in [0.3, 0.4) is 0 Å². The highest BCUT2D eigenvalue weighted by molar-refractivity contribution is 7.80. The summed E-state index contributed by atoms with van der Waals surface area (Å²) in [5, 5.41) is 2.30. The largest absolute Gasteiger partial charge is 0.392 e. The summed E-state index contributed by atoms with van der Waals surface area (Å²) < 4.78 is 0. The molecule has 0 aromatic heterocycles. The Hall–Kier alpha value is -1.94. The first-order valence-corrected chi connectivity index (χ1v) is 7.63. The normalized spacial score (nSPS) is 18.1. The van der Waals surface area contributed by atoms with Crippen LogP contribution >= 0.6 is 12.2 Å². The van der Waals surface area contributed by atoms with Crippen LogP contribution in [-0.2, 0) is 11.2 Å². The molecule has 1 saturated heterocycles. The standard InChI is InChI=1S/C17H18N2OS/c18-17(21)15-9-4-10-19(15)16(20)11-13-7-3-6-12-5-1-2-8-14(12)13/h1-3,5-8,15H,4,9-11H2,(H2,18,21). The molecule has 1 aliphatic rings. The molecule has 2 aromatic carbocycles. The van der Waals surface area contributed by atoms with Gasteiger partial charge in [-0.1, -0.05) is 54.7 Å². The molecule has 1 amide bonds. The van der Waals surface area contributed by atoms with Crippen molar-refractivity contribution in [1.29, 1.82) is 0 Å². The van der Waals surface area contributed by atoms with Gasteiger partial charge in [0.1, 0.15) is 0 Å². The first-order valence-electron chi connectivity index (χ1n) is 7.22. The lowest BCUT2D eigenvalue weighted by Crippen LogP contribution is -2.43. The van der Waals surface area contributed by atoms with Gasteiger partial charge in [0.15, 0.2) is 0 Å². The monoisotopic (exact) mass is 298 g/mol.